The minimum absolute atomic E-state index is 0.0594. The lowest BCUT2D eigenvalue weighted by atomic mass is 9.93. The maximum Gasteiger partial charge on any atom is 0.248 e. The number of carbonyl (C=O) groups is 1. The lowest BCUT2D eigenvalue weighted by Crippen LogP contribution is -2.36. The van der Waals surface area contributed by atoms with Crippen molar-refractivity contribution in [3.63, 3.8) is 0 Å². The summed E-state index contributed by atoms with van der Waals surface area (Å²) in [7, 11) is 1.64. The quantitative estimate of drug-likeness (QED) is 0.479. The average Bonchev–Trinajstić information content (AvgIpc) is 3.18. The molecule has 0 spiro atoms. The van der Waals surface area contributed by atoms with Crippen molar-refractivity contribution in [3.05, 3.63) is 70.4 Å². The summed E-state index contributed by atoms with van der Waals surface area (Å²) in [6, 6.07) is 15.5. The fraction of sp³-hybridized carbons (Fsp3) is 0.320. The van der Waals surface area contributed by atoms with Gasteiger partial charge in [0, 0.05) is 28.3 Å². The molecule has 0 bridgehead atoms. The lowest BCUT2D eigenvalue weighted by molar-refractivity contribution is -0.141. The van der Waals surface area contributed by atoms with Crippen LogP contribution in [0, 0.1) is 12.3 Å². The van der Waals surface area contributed by atoms with Crippen LogP contribution in [0.25, 0.3) is 10.9 Å². The van der Waals surface area contributed by atoms with Crippen molar-refractivity contribution in [2.45, 2.75) is 40.2 Å². The van der Waals surface area contributed by atoms with E-state index in [1.165, 1.54) is 0 Å². The van der Waals surface area contributed by atoms with Gasteiger partial charge in [-0.05, 0) is 30.7 Å². The zero-order chi connectivity index (χ0) is 22.3. The van der Waals surface area contributed by atoms with Crippen molar-refractivity contribution in [2.24, 2.45) is 10.5 Å². The van der Waals surface area contributed by atoms with Crippen molar-refractivity contribution in [3.8, 4) is 5.75 Å². The maximum atomic E-state index is 13.3. The van der Waals surface area contributed by atoms with Crippen molar-refractivity contribution in [1.82, 2.24) is 9.99 Å². The summed E-state index contributed by atoms with van der Waals surface area (Å²) < 4.78 is 5.37. The number of hydrazone groups is 1. The highest BCUT2D eigenvalue weighted by atomic mass is 35.5. The molecular formula is C25H26ClN3O2. The second-order valence-electron chi connectivity index (χ2n) is 8.91. The Balaban J connectivity index is 1.82. The summed E-state index contributed by atoms with van der Waals surface area (Å²) in [4.78, 5) is 18.0. The van der Waals surface area contributed by atoms with E-state index in [1.807, 2.05) is 76.2 Å². The van der Waals surface area contributed by atoms with Crippen LogP contribution < -0.4 is 4.74 Å². The summed E-state index contributed by atoms with van der Waals surface area (Å²) in [5.41, 5.74) is 3.90. The van der Waals surface area contributed by atoms with E-state index in [1.54, 1.807) is 12.1 Å². The minimum atomic E-state index is -0.584. The van der Waals surface area contributed by atoms with E-state index < -0.39 is 5.41 Å². The molecule has 1 amide bonds. The van der Waals surface area contributed by atoms with Crippen LogP contribution in [-0.2, 0) is 4.79 Å². The zero-order valence-corrected chi connectivity index (χ0v) is 19.2. The van der Waals surface area contributed by atoms with Crippen LogP contribution in [0.4, 0.5) is 0 Å². The smallest absolute Gasteiger partial charge is 0.248 e. The van der Waals surface area contributed by atoms with Crippen LogP contribution in [-0.4, -0.2) is 28.7 Å². The van der Waals surface area contributed by atoms with Gasteiger partial charge in [-0.3, -0.25) is 4.79 Å². The SMILES string of the molecule is COc1cccc(C2=NN(C(=O)C(C)(C)C)C(c3cc4cccc(C)c4nc3Cl)C2)c1. The van der Waals surface area contributed by atoms with Gasteiger partial charge in [0.1, 0.15) is 10.9 Å². The Labute approximate surface area is 187 Å². The van der Waals surface area contributed by atoms with Gasteiger partial charge in [0.25, 0.3) is 0 Å². The number of methoxy groups -OCH3 is 1. The molecule has 0 radical (unpaired) electrons. The van der Waals surface area contributed by atoms with Crippen LogP contribution in [0.5, 0.6) is 5.75 Å². The van der Waals surface area contributed by atoms with Crippen LogP contribution in [0.3, 0.4) is 0 Å². The predicted molar refractivity (Wildman–Crippen MR) is 125 cm³/mol. The molecule has 0 aliphatic carbocycles. The first kappa shape index (κ1) is 21.3. The molecule has 2 aromatic carbocycles. The van der Waals surface area contributed by atoms with Gasteiger partial charge in [0.05, 0.1) is 24.4 Å². The topological polar surface area (TPSA) is 54.8 Å². The Morgan fingerprint density at radius 3 is 2.61 bits per heavy atom. The third kappa shape index (κ3) is 4.02. The molecule has 1 aliphatic heterocycles. The molecule has 0 N–H and O–H groups in total. The number of para-hydroxylation sites is 1. The standard InChI is InChI=1S/C25H26ClN3O2/c1-15-8-6-10-17-13-19(23(26)27-22(15)17)21-14-20(16-9-7-11-18(12-16)31-5)28-29(21)24(30)25(2,3)4/h6-13,21H,14H2,1-5H3. The third-order valence-electron chi connectivity index (χ3n) is 5.55. The molecular weight excluding hydrogens is 410 g/mol. The maximum absolute atomic E-state index is 13.3. The highest BCUT2D eigenvalue weighted by Gasteiger charge is 2.39. The molecule has 4 rings (SSSR count). The van der Waals surface area contributed by atoms with E-state index >= 15 is 0 Å². The molecule has 31 heavy (non-hydrogen) atoms. The van der Waals surface area contributed by atoms with E-state index in [4.69, 9.17) is 21.4 Å². The van der Waals surface area contributed by atoms with E-state index in [9.17, 15) is 4.79 Å². The molecule has 0 fully saturated rings. The fourth-order valence-electron chi connectivity index (χ4n) is 3.83. The largest absolute Gasteiger partial charge is 0.497 e. The van der Waals surface area contributed by atoms with Gasteiger partial charge < -0.3 is 4.74 Å². The van der Waals surface area contributed by atoms with Gasteiger partial charge in [-0.2, -0.15) is 5.10 Å². The monoisotopic (exact) mass is 435 g/mol. The number of nitrogens with zero attached hydrogens (tertiary/aromatic N) is 3. The van der Waals surface area contributed by atoms with Gasteiger partial charge in [-0.15, -0.1) is 0 Å². The second-order valence-corrected chi connectivity index (χ2v) is 9.27. The third-order valence-corrected chi connectivity index (χ3v) is 5.85. The number of rotatable bonds is 3. The lowest BCUT2D eigenvalue weighted by Gasteiger charge is -2.28. The van der Waals surface area contributed by atoms with Crippen LogP contribution in [0.2, 0.25) is 5.15 Å². The zero-order valence-electron chi connectivity index (χ0n) is 18.4. The molecule has 3 aromatic rings. The number of halogens is 1. The number of benzene rings is 2. The summed E-state index contributed by atoms with van der Waals surface area (Å²) >= 11 is 6.66. The number of pyridine rings is 1. The van der Waals surface area contributed by atoms with Gasteiger partial charge in [0.15, 0.2) is 0 Å². The molecule has 6 heteroatoms. The van der Waals surface area contributed by atoms with E-state index in [0.29, 0.717) is 11.6 Å². The molecule has 1 aliphatic rings. The Morgan fingerprint density at radius 2 is 1.90 bits per heavy atom. The number of aromatic nitrogens is 1. The fourth-order valence-corrected chi connectivity index (χ4v) is 4.10. The van der Waals surface area contributed by atoms with Crippen LogP contribution >= 0.6 is 11.6 Å². The summed E-state index contributed by atoms with van der Waals surface area (Å²) in [5.74, 6) is 0.689. The molecule has 5 nitrogen and oxygen atoms in total. The molecule has 2 heterocycles. The van der Waals surface area contributed by atoms with Crippen LogP contribution in [0.1, 0.15) is 49.9 Å². The first-order valence-corrected chi connectivity index (χ1v) is 10.7. The number of amides is 1. The highest BCUT2D eigenvalue weighted by Crippen LogP contribution is 2.39. The molecule has 1 aromatic heterocycles. The van der Waals surface area contributed by atoms with Crippen molar-refractivity contribution < 1.29 is 9.53 Å². The first-order valence-electron chi connectivity index (χ1n) is 10.3. The van der Waals surface area contributed by atoms with E-state index in [-0.39, 0.29) is 11.9 Å². The number of hydrogen-bond donors (Lipinski definition) is 0. The first-order chi connectivity index (χ1) is 14.7. The number of aryl methyl sites for hydroxylation is 1. The number of fused-ring (bicyclic) bond motifs is 1. The Morgan fingerprint density at radius 1 is 1.16 bits per heavy atom. The van der Waals surface area contributed by atoms with E-state index in [0.717, 1.165) is 39.1 Å². The Hall–Kier alpha value is -2.92. The van der Waals surface area contributed by atoms with E-state index in [2.05, 4.69) is 4.98 Å². The van der Waals surface area contributed by atoms with Gasteiger partial charge in [-0.1, -0.05) is 62.7 Å². The van der Waals surface area contributed by atoms with Crippen molar-refractivity contribution >= 4 is 34.1 Å². The Bertz CT molecular complexity index is 1200. The highest BCUT2D eigenvalue weighted by molar-refractivity contribution is 6.30. The summed E-state index contributed by atoms with van der Waals surface area (Å²) in [6.45, 7) is 7.71. The number of carbonyl (C=O) groups excluding carboxylic acids is 1. The number of ether oxygens (including phenoxy) is 1. The van der Waals surface area contributed by atoms with Gasteiger partial charge >= 0.3 is 0 Å². The molecule has 0 saturated heterocycles. The summed E-state index contributed by atoms with van der Waals surface area (Å²) in [6.07, 6.45) is 0.549. The summed E-state index contributed by atoms with van der Waals surface area (Å²) in [5, 5.41) is 7.74. The Kier molecular flexibility index (Phi) is 5.48. The molecule has 160 valence electrons. The average molecular weight is 436 g/mol. The minimum Gasteiger partial charge on any atom is -0.497 e. The molecule has 0 saturated carbocycles. The van der Waals surface area contributed by atoms with Crippen molar-refractivity contribution in [1.29, 1.82) is 0 Å². The van der Waals surface area contributed by atoms with Crippen molar-refractivity contribution in [2.75, 3.05) is 7.11 Å². The number of hydrogen-bond acceptors (Lipinski definition) is 4. The predicted octanol–water partition coefficient (Wildman–Crippen LogP) is 5.93. The molecule has 1 atom stereocenters. The molecule has 1 unspecified atom stereocenters. The van der Waals surface area contributed by atoms with Crippen LogP contribution in [0.15, 0.2) is 53.6 Å². The van der Waals surface area contributed by atoms with Gasteiger partial charge in [0.2, 0.25) is 5.91 Å². The normalized spacial score (nSPS) is 16.5. The second kappa shape index (κ2) is 7.97. The van der Waals surface area contributed by atoms with Gasteiger partial charge in [-0.25, -0.2) is 9.99 Å².